The zero-order valence-corrected chi connectivity index (χ0v) is 11.0. The van der Waals surface area contributed by atoms with Crippen molar-refractivity contribution in [1.82, 2.24) is 0 Å². The quantitative estimate of drug-likeness (QED) is 0.633. The van der Waals surface area contributed by atoms with E-state index in [1.54, 1.807) is 12.1 Å². The van der Waals surface area contributed by atoms with Gasteiger partial charge < -0.3 is 0 Å². The molecule has 0 aromatic heterocycles. The third-order valence-electron chi connectivity index (χ3n) is 2.87. The standard InChI is InChI=1S/C18H17F/c1-2-3-4-6-12-16-13-9-14-17(18(16)19)15-10-7-5-8-11-15/h3-14H,2H2,1H3/b4-3+,12-6+. The van der Waals surface area contributed by atoms with Crippen LogP contribution in [0.4, 0.5) is 4.39 Å². The maximum absolute atomic E-state index is 14.4. The largest absolute Gasteiger partial charge is 0.206 e. The van der Waals surface area contributed by atoms with Crippen molar-refractivity contribution in [2.75, 3.05) is 0 Å². The van der Waals surface area contributed by atoms with Crippen molar-refractivity contribution in [3.8, 4) is 11.1 Å². The van der Waals surface area contributed by atoms with Crippen LogP contribution in [0.2, 0.25) is 0 Å². The number of benzene rings is 2. The van der Waals surface area contributed by atoms with Gasteiger partial charge in [-0.1, -0.05) is 79.8 Å². The zero-order valence-electron chi connectivity index (χ0n) is 11.0. The summed E-state index contributed by atoms with van der Waals surface area (Å²) in [6.07, 6.45) is 8.63. The molecule has 0 saturated heterocycles. The summed E-state index contributed by atoms with van der Waals surface area (Å²) >= 11 is 0. The van der Waals surface area contributed by atoms with Crippen LogP contribution in [0.3, 0.4) is 0 Å². The SMILES string of the molecule is CC/C=C/C=C/c1cccc(-c2ccccc2)c1F. The predicted octanol–water partition coefficient (Wildman–Crippen LogP) is 5.47. The molecule has 2 rings (SSSR count). The Labute approximate surface area is 113 Å². The van der Waals surface area contributed by atoms with Gasteiger partial charge in [0.25, 0.3) is 0 Å². The minimum atomic E-state index is -0.171. The first-order valence-corrected chi connectivity index (χ1v) is 6.50. The molecule has 0 heterocycles. The second kappa shape index (κ2) is 6.69. The summed E-state index contributed by atoms with van der Waals surface area (Å²) in [6, 6.07) is 15.1. The lowest BCUT2D eigenvalue weighted by Crippen LogP contribution is -1.87. The molecule has 0 N–H and O–H groups in total. The van der Waals surface area contributed by atoms with Gasteiger partial charge in [-0.2, -0.15) is 0 Å². The molecule has 2 aromatic carbocycles. The molecule has 0 saturated carbocycles. The van der Waals surface area contributed by atoms with Crippen LogP contribution in [0.25, 0.3) is 17.2 Å². The first-order valence-electron chi connectivity index (χ1n) is 6.50. The van der Waals surface area contributed by atoms with Crippen molar-refractivity contribution < 1.29 is 4.39 Å². The molecule has 0 radical (unpaired) electrons. The molecule has 0 spiro atoms. The average molecular weight is 252 g/mol. The Morgan fingerprint density at radius 2 is 1.74 bits per heavy atom. The van der Waals surface area contributed by atoms with Crippen LogP contribution in [0.15, 0.2) is 66.8 Å². The summed E-state index contributed by atoms with van der Waals surface area (Å²) in [5.41, 5.74) is 2.16. The van der Waals surface area contributed by atoms with Crippen LogP contribution in [0, 0.1) is 5.82 Å². The molecule has 0 fully saturated rings. The van der Waals surface area contributed by atoms with Gasteiger partial charge in [0.15, 0.2) is 0 Å². The van der Waals surface area contributed by atoms with E-state index in [-0.39, 0.29) is 5.82 Å². The average Bonchev–Trinajstić information content (AvgIpc) is 2.46. The first-order chi connectivity index (χ1) is 9.33. The summed E-state index contributed by atoms with van der Waals surface area (Å²) in [4.78, 5) is 0. The lowest BCUT2D eigenvalue weighted by Gasteiger charge is -2.05. The molecule has 0 unspecified atom stereocenters. The van der Waals surface area contributed by atoms with Gasteiger partial charge in [-0.25, -0.2) is 4.39 Å². The van der Waals surface area contributed by atoms with Gasteiger partial charge in [-0.15, -0.1) is 0 Å². The van der Waals surface area contributed by atoms with E-state index in [0.29, 0.717) is 11.1 Å². The lowest BCUT2D eigenvalue weighted by molar-refractivity contribution is 0.628. The van der Waals surface area contributed by atoms with E-state index in [9.17, 15) is 4.39 Å². The third-order valence-corrected chi connectivity index (χ3v) is 2.87. The van der Waals surface area contributed by atoms with Crippen molar-refractivity contribution in [2.45, 2.75) is 13.3 Å². The fourth-order valence-electron chi connectivity index (χ4n) is 1.89. The highest BCUT2D eigenvalue weighted by molar-refractivity contribution is 5.68. The van der Waals surface area contributed by atoms with E-state index in [0.717, 1.165) is 12.0 Å². The van der Waals surface area contributed by atoms with Crippen molar-refractivity contribution in [3.05, 3.63) is 78.1 Å². The molecular weight excluding hydrogens is 235 g/mol. The fraction of sp³-hybridized carbons (Fsp3) is 0.111. The Balaban J connectivity index is 2.33. The number of allylic oxidation sites excluding steroid dienone is 3. The number of hydrogen-bond donors (Lipinski definition) is 0. The summed E-state index contributed by atoms with van der Waals surface area (Å²) < 4.78 is 14.4. The van der Waals surface area contributed by atoms with Crippen LogP contribution >= 0.6 is 0 Å². The van der Waals surface area contributed by atoms with Crippen molar-refractivity contribution in [2.24, 2.45) is 0 Å². The van der Waals surface area contributed by atoms with E-state index in [2.05, 4.69) is 6.92 Å². The Morgan fingerprint density at radius 1 is 0.947 bits per heavy atom. The summed E-state index contributed by atoms with van der Waals surface area (Å²) in [5.74, 6) is -0.171. The van der Waals surface area contributed by atoms with Crippen molar-refractivity contribution >= 4 is 6.08 Å². The topological polar surface area (TPSA) is 0 Å². The van der Waals surface area contributed by atoms with Crippen LogP contribution < -0.4 is 0 Å². The minimum Gasteiger partial charge on any atom is -0.206 e. The van der Waals surface area contributed by atoms with Gasteiger partial charge in [-0.05, 0) is 12.0 Å². The predicted molar refractivity (Wildman–Crippen MR) is 80.3 cm³/mol. The fourth-order valence-corrected chi connectivity index (χ4v) is 1.89. The van der Waals surface area contributed by atoms with Gasteiger partial charge in [-0.3, -0.25) is 0 Å². The molecule has 1 heteroatoms. The van der Waals surface area contributed by atoms with Gasteiger partial charge in [0, 0.05) is 11.1 Å². The Bertz CT molecular complexity index is 580. The number of rotatable bonds is 4. The molecule has 0 aliphatic rings. The second-order valence-corrected chi connectivity index (χ2v) is 4.27. The van der Waals surface area contributed by atoms with Gasteiger partial charge in [0.2, 0.25) is 0 Å². The monoisotopic (exact) mass is 252 g/mol. The second-order valence-electron chi connectivity index (χ2n) is 4.27. The normalized spacial score (nSPS) is 11.5. The Kier molecular flexibility index (Phi) is 4.68. The first kappa shape index (κ1) is 13.3. The maximum atomic E-state index is 14.4. The molecule has 2 aromatic rings. The van der Waals surface area contributed by atoms with Crippen LogP contribution in [-0.4, -0.2) is 0 Å². The highest BCUT2D eigenvalue weighted by Crippen LogP contribution is 2.25. The molecular formula is C18H17F. The summed E-state index contributed by atoms with van der Waals surface area (Å²) in [6.45, 7) is 2.07. The minimum absolute atomic E-state index is 0.171. The van der Waals surface area contributed by atoms with Crippen molar-refractivity contribution in [3.63, 3.8) is 0 Å². The molecule has 0 bridgehead atoms. The molecule has 0 amide bonds. The zero-order chi connectivity index (χ0) is 13.5. The van der Waals surface area contributed by atoms with E-state index >= 15 is 0 Å². The molecule has 0 aliphatic heterocycles. The molecule has 0 nitrogen and oxygen atoms in total. The third kappa shape index (κ3) is 3.41. The lowest BCUT2D eigenvalue weighted by atomic mass is 10.0. The highest BCUT2D eigenvalue weighted by Gasteiger charge is 2.06. The molecule has 0 atom stereocenters. The number of halogens is 1. The Morgan fingerprint density at radius 3 is 2.47 bits per heavy atom. The van der Waals surface area contributed by atoms with E-state index < -0.39 is 0 Å². The van der Waals surface area contributed by atoms with E-state index in [4.69, 9.17) is 0 Å². The Hall–Kier alpha value is -2.15. The number of hydrogen-bond acceptors (Lipinski definition) is 0. The van der Waals surface area contributed by atoms with E-state index in [1.807, 2.05) is 60.7 Å². The smallest absolute Gasteiger partial charge is 0.138 e. The molecule has 19 heavy (non-hydrogen) atoms. The molecule has 96 valence electrons. The highest BCUT2D eigenvalue weighted by atomic mass is 19.1. The van der Waals surface area contributed by atoms with Crippen LogP contribution in [-0.2, 0) is 0 Å². The van der Waals surface area contributed by atoms with Gasteiger partial charge >= 0.3 is 0 Å². The van der Waals surface area contributed by atoms with Gasteiger partial charge in [0.1, 0.15) is 5.82 Å². The summed E-state index contributed by atoms with van der Waals surface area (Å²) in [5, 5.41) is 0. The van der Waals surface area contributed by atoms with E-state index in [1.165, 1.54) is 0 Å². The maximum Gasteiger partial charge on any atom is 0.138 e. The molecule has 0 aliphatic carbocycles. The van der Waals surface area contributed by atoms with Gasteiger partial charge in [0.05, 0.1) is 0 Å². The van der Waals surface area contributed by atoms with Crippen molar-refractivity contribution in [1.29, 1.82) is 0 Å². The summed E-state index contributed by atoms with van der Waals surface area (Å²) in [7, 11) is 0. The van der Waals surface area contributed by atoms with Crippen LogP contribution in [0.1, 0.15) is 18.9 Å². The van der Waals surface area contributed by atoms with Crippen LogP contribution in [0.5, 0.6) is 0 Å².